The zero-order chi connectivity index (χ0) is 16.1. The van der Waals surface area contributed by atoms with E-state index < -0.39 is 31.9 Å². The van der Waals surface area contributed by atoms with Crippen molar-refractivity contribution in [1.29, 1.82) is 0 Å². The maximum Gasteiger partial charge on any atom is 0.321 e. The first-order valence-electron chi connectivity index (χ1n) is 6.99. The average Bonchev–Trinajstić information content (AvgIpc) is 2.33. The van der Waals surface area contributed by atoms with E-state index in [1.807, 2.05) is 0 Å². The summed E-state index contributed by atoms with van der Waals surface area (Å²) in [5.41, 5.74) is 0. The van der Waals surface area contributed by atoms with Crippen molar-refractivity contribution < 1.29 is 26.7 Å². The van der Waals surface area contributed by atoms with Crippen LogP contribution in [0.4, 0.5) is 0 Å². The molecule has 0 spiro atoms. The Hall–Kier alpha value is -0.670. The Kier molecular flexibility index (Phi) is 6.61. The lowest BCUT2D eigenvalue weighted by Crippen LogP contribution is -2.44. The van der Waals surface area contributed by atoms with Crippen molar-refractivity contribution in [3.05, 3.63) is 0 Å². The molecule has 0 amide bonds. The van der Waals surface area contributed by atoms with Gasteiger partial charge < -0.3 is 5.11 Å². The number of nitrogens with one attached hydrogen (secondary N) is 1. The molecular formula is C12H23NO6S2. The number of carboxylic acids is 1. The molecule has 2 N–H and O–H groups in total. The van der Waals surface area contributed by atoms with Crippen LogP contribution in [0.1, 0.15) is 38.5 Å². The fourth-order valence-electron chi connectivity index (χ4n) is 2.49. The molecule has 1 saturated carbocycles. The number of carbonyl (C=O) groups is 1. The highest BCUT2D eigenvalue weighted by atomic mass is 32.2. The van der Waals surface area contributed by atoms with Crippen LogP contribution < -0.4 is 4.72 Å². The van der Waals surface area contributed by atoms with E-state index in [0.717, 1.165) is 38.4 Å². The van der Waals surface area contributed by atoms with Crippen LogP contribution in [0.25, 0.3) is 0 Å². The quantitative estimate of drug-likeness (QED) is 0.659. The normalized spacial score (nSPS) is 19.3. The van der Waals surface area contributed by atoms with Gasteiger partial charge in [-0.1, -0.05) is 19.3 Å². The summed E-state index contributed by atoms with van der Waals surface area (Å²) in [6.45, 7) is 0. The van der Waals surface area contributed by atoms with Gasteiger partial charge in [-0.15, -0.1) is 0 Å². The Morgan fingerprint density at radius 3 is 2.24 bits per heavy atom. The van der Waals surface area contributed by atoms with Crippen LogP contribution in [0.5, 0.6) is 0 Å². The van der Waals surface area contributed by atoms with E-state index in [1.54, 1.807) is 0 Å². The summed E-state index contributed by atoms with van der Waals surface area (Å²) in [5, 5.41) is 9.02. The number of aliphatic carboxylic acids is 1. The molecule has 1 aliphatic carbocycles. The fourth-order valence-corrected chi connectivity index (χ4v) is 4.86. The Balaban J connectivity index is 2.61. The largest absolute Gasteiger partial charge is 0.480 e. The molecule has 0 aromatic heterocycles. The second-order valence-corrected chi connectivity index (χ2v) is 9.77. The van der Waals surface area contributed by atoms with Crippen molar-refractivity contribution >= 4 is 25.8 Å². The van der Waals surface area contributed by atoms with Gasteiger partial charge in [-0.3, -0.25) is 4.79 Å². The third-order valence-corrected chi connectivity index (χ3v) is 6.11. The SMILES string of the molecule is CS(=O)(=O)CC[C@H](NS(=O)(=O)CC1CCCCC1)C(=O)O. The van der Waals surface area contributed by atoms with Gasteiger partial charge in [-0.25, -0.2) is 21.6 Å². The van der Waals surface area contributed by atoms with Gasteiger partial charge >= 0.3 is 5.97 Å². The second-order valence-electron chi connectivity index (χ2n) is 5.71. The minimum absolute atomic E-state index is 0.0561. The van der Waals surface area contributed by atoms with Gasteiger partial charge in [0.25, 0.3) is 0 Å². The molecule has 1 rings (SSSR count). The third-order valence-electron chi connectivity index (χ3n) is 3.58. The van der Waals surface area contributed by atoms with E-state index in [0.29, 0.717) is 0 Å². The van der Waals surface area contributed by atoms with Crippen molar-refractivity contribution in [1.82, 2.24) is 4.72 Å². The van der Waals surface area contributed by atoms with Crippen LogP contribution in [0.2, 0.25) is 0 Å². The maximum absolute atomic E-state index is 12.0. The molecule has 0 radical (unpaired) electrons. The first kappa shape index (κ1) is 18.4. The molecule has 0 aromatic rings. The lowest BCUT2D eigenvalue weighted by Gasteiger charge is -2.22. The molecule has 1 aliphatic rings. The number of hydrogen-bond donors (Lipinski definition) is 2. The minimum atomic E-state index is -3.72. The molecule has 0 saturated heterocycles. The molecule has 9 heteroatoms. The molecule has 0 unspecified atom stereocenters. The summed E-state index contributed by atoms with van der Waals surface area (Å²) in [7, 11) is -7.05. The highest BCUT2D eigenvalue weighted by Gasteiger charge is 2.28. The summed E-state index contributed by atoms with van der Waals surface area (Å²) in [6, 6.07) is -1.40. The van der Waals surface area contributed by atoms with E-state index in [-0.39, 0.29) is 23.8 Å². The van der Waals surface area contributed by atoms with E-state index in [1.165, 1.54) is 0 Å². The zero-order valence-corrected chi connectivity index (χ0v) is 13.7. The molecule has 1 fully saturated rings. The number of sulfonamides is 1. The molecule has 0 aromatic carbocycles. The van der Waals surface area contributed by atoms with Crippen LogP contribution >= 0.6 is 0 Å². The Morgan fingerprint density at radius 2 is 1.76 bits per heavy atom. The highest BCUT2D eigenvalue weighted by Crippen LogP contribution is 2.24. The smallest absolute Gasteiger partial charge is 0.321 e. The topological polar surface area (TPSA) is 118 Å². The van der Waals surface area contributed by atoms with Gasteiger partial charge in [0.1, 0.15) is 15.9 Å². The summed E-state index contributed by atoms with van der Waals surface area (Å²) in [4.78, 5) is 11.1. The molecule has 124 valence electrons. The molecule has 0 heterocycles. The molecule has 7 nitrogen and oxygen atoms in total. The Labute approximate surface area is 126 Å². The van der Waals surface area contributed by atoms with Gasteiger partial charge in [0.2, 0.25) is 10.0 Å². The van der Waals surface area contributed by atoms with Gasteiger partial charge in [0.05, 0.1) is 11.5 Å². The van der Waals surface area contributed by atoms with Gasteiger partial charge in [0, 0.05) is 6.26 Å². The van der Waals surface area contributed by atoms with Crippen molar-refractivity contribution in [2.75, 3.05) is 17.8 Å². The number of sulfone groups is 1. The summed E-state index contributed by atoms with van der Waals surface area (Å²) in [6.07, 6.45) is 5.49. The van der Waals surface area contributed by atoms with E-state index in [2.05, 4.69) is 4.72 Å². The van der Waals surface area contributed by atoms with Crippen LogP contribution in [0.15, 0.2) is 0 Å². The zero-order valence-electron chi connectivity index (χ0n) is 12.1. The van der Waals surface area contributed by atoms with Crippen molar-refractivity contribution in [3.8, 4) is 0 Å². The highest BCUT2D eigenvalue weighted by molar-refractivity contribution is 7.90. The fraction of sp³-hybridized carbons (Fsp3) is 0.917. The second kappa shape index (κ2) is 7.55. The van der Waals surface area contributed by atoms with Gasteiger partial charge in [-0.2, -0.15) is 0 Å². The molecule has 21 heavy (non-hydrogen) atoms. The minimum Gasteiger partial charge on any atom is -0.480 e. The van der Waals surface area contributed by atoms with Gasteiger partial charge in [-0.05, 0) is 25.2 Å². The van der Waals surface area contributed by atoms with E-state index >= 15 is 0 Å². The van der Waals surface area contributed by atoms with Crippen LogP contribution in [-0.4, -0.2) is 51.7 Å². The monoisotopic (exact) mass is 341 g/mol. The van der Waals surface area contributed by atoms with Crippen LogP contribution in [0, 0.1) is 5.92 Å². The lowest BCUT2D eigenvalue weighted by atomic mass is 9.91. The summed E-state index contributed by atoms with van der Waals surface area (Å²) < 4.78 is 48.3. The maximum atomic E-state index is 12.0. The van der Waals surface area contributed by atoms with E-state index in [4.69, 9.17) is 5.11 Å². The predicted octanol–water partition coefficient (Wildman–Crippen LogP) is 0.374. The van der Waals surface area contributed by atoms with Crippen molar-refractivity contribution in [2.45, 2.75) is 44.6 Å². The van der Waals surface area contributed by atoms with Crippen LogP contribution in [0.3, 0.4) is 0 Å². The van der Waals surface area contributed by atoms with Crippen molar-refractivity contribution in [3.63, 3.8) is 0 Å². The van der Waals surface area contributed by atoms with E-state index in [9.17, 15) is 21.6 Å². The molecule has 0 aliphatic heterocycles. The lowest BCUT2D eigenvalue weighted by molar-refractivity contribution is -0.139. The average molecular weight is 341 g/mol. The third kappa shape index (κ3) is 7.77. The predicted molar refractivity (Wildman–Crippen MR) is 79.2 cm³/mol. The van der Waals surface area contributed by atoms with Crippen LogP contribution in [-0.2, 0) is 24.7 Å². The number of carboxylic acid groups (broad SMARTS) is 1. The summed E-state index contributed by atoms with van der Waals surface area (Å²) in [5.74, 6) is -1.75. The Morgan fingerprint density at radius 1 is 1.19 bits per heavy atom. The molecule has 0 bridgehead atoms. The first-order valence-corrected chi connectivity index (χ1v) is 10.7. The number of hydrogen-bond acceptors (Lipinski definition) is 5. The Bertz CT molecular complexity index is 548. The van der Waals surface area contributed by atoms with Gasteiger partial charge in [0.15, 0.2) is 0 Å². The molecule has 1 atom stereocenters. The summed E-state index contributed by atoms with van der Waals surface area (Å²) >= 11 is 0. The number of rotatable bonds is 8. The first-order chi connectivity index (χ1) is 9.59. The standard InChI is InChI=1S/C12H23NO6S2/c1-20(16,17)8-7-11(12(14)15)13-21(18,19)9-10-5-3-2-4-6-10/h10-11,13H,2-9H2,1H3,(H,14,15)/t11-/m0/s1. The molecular weight excluding hydrogens is 318 g/mol. The van der Waals surface area contributed by atoms with Crippen molar-refractivity contribution in [2.24, 2.45) is 5.92 Å².